The molecule has 0 amide bonds. The molecule has 0 N–H and O–H groups in total. The normalized spacial score (nSPS) is 13.0. The quantitative estimate of drug-likeness (QED) is 0.490. The first-order valence-corrected chi connectivity index (χ1v) is 7.08. The van der Waals surface area contributed by atoms with Crippen LogP contribution in [0.25, 0.3) is 17.1 Å². The summed E-state index contributed by atoms with van der Waals surface area (Å²) in [6.07, 6.45) is 0.720. The average molecular weight is 340 g/mol. The van der Waals surface area contributed by atoms with Crippen LogP contribution < -0.4 is 9.75 Å². The highest BCUT2D eigenvalue weighted by Crippen LogP contribution is 2.29. The number of hydrogen-bond donors (Lipinski definition) is 0. The Balaban J connectivity index is 1.93. The second-order valence-electron chi connectivity index (χ2n) is 4.78. The van der Waals surface area contributed by atoms with Crippen molar-refractivity contribution in [1.82, 2.24) is 15.1 Å². The molecular weight excluding hydrogens is 333 g/mol. The van der Waals surface area contributed by atoms with E-state index < -0.39 is 0 Å². The SMILES string of the molecule is [O-][n+]1onc2c1CCc1c-2nn(-c2ccc(Cl)cc2Cl)[n+]1[O-]. The van der Waals surface area contributed by atoms with Gasteiger partial charge in [-0.15, -0.1) is 4.85 Å². The van der Waals surface area contributed by atoms with Crippen molar-refractivity contribution in [2.45, 2.75) is 12.8 Å². The van der Waals surface area contributed by atoms with Crippen LogP contribution >= 0.6 is 23.2 Å². The molecule has 0 atom stereocenters. The maximum absolute atomic E-state index is 12.4. The summed E-state index contributed by atoms with van der Waals surface area (Å²) in [5.41, 5.74) is 1.76. The molecule has 3 aromatic rings. The Labute approximate surface area is 133 Å². The lowest BCUT2D eigenvalue weighted by molar-refractivity contribution is -0.808. The zero-order valence-corrected chi connectivity index (χ0v) is 12.4. The molecule has 1 aromatic carbocycles. The zero-order chi connectivity index (χ0) is 15.4. The summed E-state index contributed by atoms with van der Waals surface area (Å²) >= 11 is 12.0. The first kappa shape index (κ1) is 13.4. The second-order valence-corrected chi connectivity index (χ2v) is 5.62. The summed E-state index contributed by atoms with van der Waals surface area (Å²) < 4.78 is 4.58. The first-order valence-electron chi connectivity index (χ1n) is 6.32. The molecule has 1 aliphatic rings. The summed E-state index contributed by atoms with van der Waals surface area (Å²) in [7, 11) is 0. The molecule has 22 heavy (non-hydrogen) atoms. The predicted octanol–water partition coefficient (Wildman–Crippen LogP) is 1.20. The van der Waals surface area contributed by atoms with Crippen molar-refractivity contribution < 1.29 is 14.4 Å². The Kier molecular flexibility index (Phi) is 2.78. The van der Waals surface area contributed by atoms with Crippen molar-refractivity contribution in [3.8, 4) is 17.1 Å². The monoisotopic (exact) mass is 339 g/mol. The minimum absolute atomic E-state index is 0.282. The van der Waals surface area contributed by atoms with Gasteiger partial charge in [0.25, 0.3) is 0 Å². The minimum atomic E-state index is 0.282. The number of nitrogens with zero attached hydrogens (tertiary/aromatic N) is 5. The molecule has 8 nitrogen and oxygen atoms in total. The highest BCUT2D eigenvalue weighted by molar-refractivity contribution is 6.35. The highest BCUT2D eigenvalue weighted by Gasteiger charge is 2.39. The van der Waals surface area contributed by atoms with E-state index in [1.807, 2.05) is 0 Å². The maximum atomic E-state index is 12.4. The Morgan fingerprint density at radius 2 is 1.91 bits per heavy atom. The summed E-state index contributed by atoms with van der Waals surface area (Å²) in [5.74, 6) is 0. The van der Waals surface area contributed by atoms with E-state index in [4.69, 9.17) is 23.2 Å². The molecule has 10 heteroatoms. The molecule has 2 aromatic heterocycles. The molecule has 0 spiro atoms. The number of rotatable bonds is 1. The molecule has 0 saturated heterocycles. The highest BCUT2D eigenvalue weighted by atomic mass is 35.5. The van der Waals surface area contributed by atoms with Crippen molar-refractivity contribution in [2.75, 3.05) is 0 Å². The fourth-order valence-electron chi connectivity index (χ4n) is 2.48. The lowest BCUT2D eigenvalue weighted by Crippen LogP contribution is -2.41. The molecule has 0 unspecified atom stereocenters. The first-order chi connectivity index (χ1) is 10.6. The standard InChI is InChI=1S/C12H7Cl2N5O3/c13-6-1-2-8(7(14)5-6)17-15-11-9(18(17)20)3-4-10-12(11)16-22-19(10)21/h1-2,5H,3-4H2. The summed E-state index contributed by atoms with van der Waals surface area (Å²) in [4.78, 5) is 2.08. The summed E-state index contributed by atoms with van der Waals surface area (Å²) in [6.45, 7) is 0. The van der Waals surface area contributed by atoms with E-state index in [1.165, 1.54) is 6.07 Å². The van der Waals surface area contributed by atoms with Crippen molar-refractivity contribution in [2.24, 2.45) is 0 Å². The van der Waals surface area contributed by atoms with Crippen LogP contribution in [0, 0.1) is 10.4 Å². The topological polar surface area (TPSA) is 97.7 Å². The molecule has 4 rings (SSSR count). The van der Waals surface area contributed by atoms with E-state index in [1.54, 1.807) is 12.1 Å². The third-order valence-electron chi connectivity index (χ3n) is 3.52. The van der Waals surface area contributed by atoms with Crippen LogP contribution in [0.1, 0.15) is 11.4 Å². The van der Waals surface area contributed by atoms with Gasteiger partial charge >= 0.3 is 11.4 Å². The summed E-state index contributed by atoms with van der Waals surface area (Å²) in [5, 5.41) is 32.6. The predicted molar refractivity (Wildman–Crippen MR) is 74.4 cm³/mol. The molecule has 2 heterocycles. The lowest BCUT2D eigenvalue weighted by Gasteiger charge is -2.08. The van der Waals surface area contributed by atoms with Crippen LogP contribution in [0.5, 0.6) is 0 Å². The maximum Gasteiger partial charge on any atom is 0.303 e. The average Bonchev–Trinajstić information content (AvgIpc) is 3.01. The van der Waals surface area contributed by atoms with Gasteiger partial charge in [-0.25, -0.2) is 0 Å². The number of halogens is 2. The van der Waals surface area contributed by atoms with Gasteiger partial charge in [0.1, 0.15) is 5.69 Å². The smallest absolute Gasteiger partial charge is 0.303 e. The van der Waals surface area contributed by atoms with Gasteiger partial charge in [0, 0.05) is 17.9 Å². The van der Waals surface area contributed by atoms with Crippen molar-refractivity contribution >= 4 is 23.2 Å². The Morgan fingerprint density at radius 1 is 1.14 bits per heavy atom. The molecule has 0 radical (unpaired) electrons. The lowest BCUT2D eigenvalue weighted by atomic mass is 10.0. The van der Waals surface area contributed by atoms with Gasteiger partial charge in [-0.05, 0) is 27.9 Å². The van der Waals surface area contributed by atoms with E-state index in [0.717, 1.165) is 4.80 Å². The van der Waals surface area contributed by atoms with Crippen LogP contribution in [-0.4, -0.2) is 15.1 Å². The molecule has 1 aliphatic carbocycles. The minimum Gasteiger partial charge on any atom is -0.692 e. The Hall–Kier alpha value is -2.32. The molecule has 0 aliphatic heterocycles. The van der Waals surface area contributed by atoms with Crippen LogP contribution in [0.2, 0.25) is 10.0 Å². The van der Waals surface area contributed by atoms with Crippen molar-refractivity contribution in [3.05, 3.63) is 50.0 Å². The van der Waals surface area contributed by atoms with Gasteiger partial charge in [-0.2, -0.15) is 0 Å². The molecule has 0 fully saturated rings. The molecular formula is C12H7Cl2N5O3. The van der Waals surface area contributed by atoms with Crippen LogP contribution in [0.15, 0.2) is 22.8 Å². The van der Waals surface area contributed by atoms with Crippen LogP contribution in [-0.2, 0) is 12.8 Å². The van der Waals surface area contributed by atoms with Crippen molar-refractivity contribution in [1.29, 1.82) is 0 Å². The number of fused-ring (bicyclic) bond motifs is 3. The third kappa shape index (κ3) is 1.77. The van der Waals surface area contributed by atoms with Crippen molar-refractivity contribution in [3.63, 3.8) is 0 Å². The molecule has 112 valence electrons. The number of aromatic nitrogens is 5. The van der Waals surface area contributed by atoms with Gasteiger partial charge in [0.15, 0.2) is 5.69 Å². The van der Waals surface area contributed by atoms with Crippen LogP contribution in [0.4, 0.5) is 0 Å². The Bertz CT molecular complexity index is 905. The fourth-order valence-corrected chi connectivity index (χ4v) is 2.97. The van der Waals surface area contributed by atoms with Gasteiger partial charge in [0.2, 0.25) is 5.69 Å². The Morgan fingerprint density at radius 3 is 2.68 bits per heavy atom. The molecule has 0 bridgehead atoms. The van der Waals surface area contributed by atoms with Gasteiger partial charge in [-0.3, -0.25) is 4.63 Å². The number of benzene rings is 1. The van der Waals surface area contributed by atoms with Gasteiger partial charge in [-0.1, -0.05) is 23.2 Å². The third-order valence-corrected chi connectivity index (χ3v) is 4.06. The van der Waals surface area contributed by atoms with E-state index in [0.29, 0.717) is 50.4 Å². The second kappa shape index (κ2) is 4.59. The largest absolute Gasteiger partial charge is 0.692 e. The van der Waals surface area contributed by atoms with Crippen LogP contribution in [0.3, 0.4) is 0 Å². The van der Waals surface area contributed by atoms with E-state index in [9.17, 15) is 10.4 Å². The molecule has 0 saturated carbocycles. The number of hydrogen-bond acceptors (Lipinski definition) is 5. The zero-order valence-electron chi connectivity index (χ0n) is 10.9. The van der Waals surface area contributed by atoms with Gasteiger partial charge < -0.3 is 10.4 Å². The van der Waals surface area contributed by atoms with E-state index in [2.05, 4.69) is 14.9 Å². The summed E-state index contributed by atoms with van der Waals surface area (Å²) in [6, 6.07) is 4.72. The van der Waals surface area contributed by atoms with E-state index in [-0.39, 0.29) is 10.7 Å². The van der Waals surface area contributed by atoms with Gasteiger partial charge in [0.05, 0.1) is 15.3 Å². The fraction of sp³-hybridized carbons (Fsp3) is 0.167. The van der Waals surface area contributed by atoms with E-state index >= 15 is 0 Å².